The zero-order chi connectivity index (χ0) is 63.2. The van der Waals surface area contributed by atoms with E-state index < -0.39 is 66.1 Å². The Morgan fingerprint density at radius 2 is 1.46 bits per heavy atom. The molecule has 0 radical (unpaired) electrons. The molecule has 3 aliphatic rings. The third kappa shape index (κ3) is 19.5. The highest BCUT2D eigenvalue weighted by molar-refractivity contribution is 6.12. The first-order valence-electron chi connectivity index (χ1n) is 28.9. The van der Waals surface area contributed by atoms with Crippen LogP contribution in [0.4, 0.5) is 21.1 Å². The molecule has 2 saturated heterocycles. The Labute approximate surface area is 504 Å². The molecular formula is C58H80N14O15. The lowest BCUT2D eigenvalue weighted by molar-refractivity contribution is -0.143. The number of benzene rings is 1. The maximum absolute atomic E-state index is 13.9. The second kappa shape index (κ2) is 33.4. The van der Waals surface area contributed by atoms with Gasteiger partial charge in [-0.1, -0.05) is 32.9 Å². The largest absolute Gasteiger partial charge is 0.445 e. The molecule has 0 spiro atoms. The van der Waals surface area contributed by atoms with Crippen LogP contribution in [-0.2, 0) is 68.6 Å². The summed E-state index contributed by atoms with van der Waals surface area (Å²) in [5.74, 6) is -3.73. The number of nitrogens with two attached hydrogens (primary N) is 1. The van der Waals surface area contributed by atoms with Crippen LogP contribution in [0.5, 0.6) is 0 Å². The van der Waals surface area contributed by atoms with Gasteiger partial charge in [-0.25, -0.2) is 19.6 Å². The molecule has 472 valence electrons. The monoisotopic (exact) mass is 1210 g/mol. The fourth-order valence-electron chi connectivity index (χ4n) is 10.0. The number of likely N-dealkylation sites (tertiary alicyclic amines) is 2. The predicted octanol–water partition coefficient (Wildman–Crippen LogP) is 0.999. The van der Waals surface area contributed by atoms with Gasteiger partial charge in [0.1, 0.15) is 43.3 Å². The van der Waals surface area contributed by atoms with E-state index in [1.807, 2.05) is 18.0 Å². The Balaban J connectivity index is 0.882. The molecule has 5 N–H and O–H groups in total. The number of imide groups is 1. The summed E-state index contributed by atoms with van der Waals surface area (Å²) in [6.07, 6.45) is 5.42. The molecule has 6 rings (SSSR count). The van der Waals surface area contributed by atoms with Gasteiger partial charge in [0.05, 0.1) is 83.3 Å². The molecule has 1 aromatic carbocycles. The van der Waals surface area contributed by atoms with Gasteiger partial charge < -0.3 is 69.9 Å². The highest BCUT2D eigenvalue weighted by Gasteiger charge is 2.40. The number of nitrogens with zero attached hydrogens (tertiary/aromatic N) is 10. The summed E-state index contributed by atoms with van der Waals surface area (Å²) < 4.78 is 28.7. The Bertz CT molecular complexity index is 2970. The van der Waals surface area contributed by atoms with Gasteiger partial charge in [-0.15, -0.1) is 0 Å². The highest BCUT2D eigenvalue weighted by atomic mass is 16.6. The average Bonchev–Trinajstić information content (AvgIpc) is 2.22. The number of amides is 10. The van der Waals surface area contributed by atoms with Crippen molar-refractivity contribution in [2.24, 2.45) is 17.6 Å². The van der Waals surface area contributed by atoms with Crippen LogP contribution in [0.25, 0.3) is 11.0 Å². The predicted molar refractivity (Wildman–Crippen MR) is 313 cm³/mol. The smallest absolute Gasteiger partial charge is 0.409 e. The number of rotatable bonds is 32. The summed E-state index contributed by atoms with van der Waals surface area (Å²) in [5.41, 5.74) is 6.87. The maximum Gasteiger partial charge on any atom is 0.409 e. The Morgan fingerprint density at radius 3 is 2.10 bits per heavy atom. The zero-order valence-electron chi connectivity index (χ0n) is 50.2. The van der Waals surface area contributed by atoms with Gasteiger partial charge in [0.15, 0.2) is 5.65 Å². The number of likely N-dealkylation sites (N-methyl/N-ethyl adjacent to an activating group) is 3. The van der Waals surface area contributed by atoms with E-state index in [0.717, 1.165) is 11.3 Å². The molecule has 87 heavy (non-hydrogen) atoms. The fourth-order valence-corrected chi connectivity index (χ4v) is 10.0. The zero-order valence-corrected chi connectivity index (χ0v) is 50.2. The molecule has 0 unspecified atom stereocenters. The fraction of sp³-hybridized carbons (Fsp3) is 0.569. The van der Waals surface area contributed by atoms with Crippen LogP contribution < -0.4 is 26.6 Å². The lowest BCUT2D eigenvalue weighted by atomic mass is 9.92. The molecule has 29 nitrogen and oxygen atoms in total. The van der Waals surface area contributed by atoms with Crippen molar-refractivity contribution in [1.29, 1.82) is 5.26 Å². The molecular weight excluding hydrogens is 1130 g/mol. The van der Waals surface area contributed by atoms with Crippen molar-refractivity contribution in [3.05, 3.63) is 60.6 Å². The number of carbonyl (C=O) groups is 10. The summed E-state index contributed by atoms with van der Waals surface area (Å²) in [4.78, 5) is 147. The van der Waals surface area contributed by atoms with Gasteiger partial charge in [-0.05, 0) is 54.9 Å². The number of hydrogen-bond acceptors (Lipinski definition) is 19. The van der Waals surface area contributed by atoms with Gasteiger partial charge in [-0.2, -0.15) is 5.26 Å². The van der Waals surface area contributed by atoms with Crippen molar-refractivity contribution >= 4 is 81.9 Å². The van der Waals surface area contributed by atoms with Crippen molar-refractivity contribution in [2.45, 2.75) is 90.1 Å². The first-order valence-corrected chi connectivity index (χ1v) is 28.9. The summed E-state index contributed by atoms with van der Waals surface area (Å²) in [6.45, 7) is 8.79. The third-order valence-electron chi connectivity index (χ3n) is 15.1. The molecule has 2 fully saturated rings. The van der Waals surface area contributed by atoms with E-state index >= 15 is 0 Å². The minimum absolute atomic E-state index is 0.0174. The first kappa shape index (κ1) is 67.5. The van der Waals surface area contributed by atoms with Crippen LogP contribution in [0.2, 0.25) is 0 Å². The molecule has 2 aromatic heterocycles. The molecule has 3 aliphatic heterocycles. The van der Waals surface area contributed by atoms with E-state index in [4.69, 9.17) is 34.7 Å². The summed E-state index contributed by atoms with van der Waals surface area (Å²) >= 11 is 0. The van der Waals surface area contributed by atoms with Crippen molar-refractivity contribution < 1.29 is 71.6 Å². The van der Waals surface area contributed by atoms with E-state index in [1.54, 1.807) is 69.4 Å². The number of anilines is 2. The molecule has 0 aliphatic carbocycles. The number of primary amides is 1. The Morgan fingerprint density at radius 1 is 0.816 bits per heavy atom. The van der Waals surface area contributed by atoms with E-state index in [-0.39, 0.29) is 141 Å². The number of piperidine rings is 1. The molecule has 0 bridgehead atoms. The third-order valence-corrected chi connectivity index (χ3v) is 15.1. The topological polar surface area (TPSA) is 353 Å². The summed E-state index contributed by atoms with van der Waals surface area (Å²) in [7, 11) is 5.05. The van der Waals surface area contributed by atoms with Gasteiger partial charge in [0.25, 0.3) is 11.8 Å². The number of hydrogen-bond donors (Lipinski definition) is 4. The standard InChI is InChI=1S/C58H80N14O15/c1-38(2)51(65-54(78)44-8-7-20-70(44)56(80)43(34-46(60)73)64-47(74)18-26-83-28-30-85-32-33-86-31-29-84-27-25-71-49(76)13-14-50(71)77)55(79)63-41-11-9-40(10-12-41)36-87-58(82)67(5)24-23-66(4)57(81)72-22-17-42-52(61-37-62-53(42)72)68(6)45-35-69(21-16-39(45)3)48(75)15-19-59/h9-14,17,22,37-39,43-45,51H,7-8,15-16,18,20-21,23-36H2,1-6H3,(H2,60,73)(H,63,79)(H,64,74)(H,65,78)/t39-,43+,44+,45+,51+/m1/s1. The lowest BCUT2D eigenvalue weighted by Crippen LogP contribution is -2.57. The Kier molecular flexibility index (Phi) is 25.9. The lowest BCUT2D eigenvalue weighted by Gasteiger charge is -2.42. The Hall–Kier alpha value is -8.59. The number of fused-ring (bicyclic) bond motifs is 1. The quantitative estimate of drug-likeness (QED) is 0.0500. The van der Waals surface area contributed by atoms with Crippen LogP contribution in [0, 0.1) is 23.2 Å². The van der Waals surface area contributed by atoms with Crippen LogP contribution in [0.15, 0.2) is 55.0 Å². The van der Waals surface area contributed by atoms with Gasteiger partial charge >= 0.3 is 12.1 Å². The molecule has 5 atom stereocenters. The molecule has 10 amide bonds. The van der Waals surface area contributed by atoms with E-state index in [1.165, 1.54) is 37.7 Å². The number of nitrogens with one attached hydrogen (secondary N) is 3. The van der Waals surface area contributed by atoms with Crippen LogP contribution in [0.3, 0.4) is 0 Å². The van der Waals surface area contributed by atoms with Crippen molar-refractivity contribution in [2.75, 3.05) is 123 Å². The molecule has 29 heteroatoms. The minimum atomic E-state index is -1.35. The van der Waals surface area contributed by atoms with Crippen LogP contribution in [-0.4, -0.2) is 236 Å². The minimum Gasteiger partial charge on any atom is -0.445 e. The number of carbonyl (C=O) groups excluding carboxylic acids is 10. The van der Waals surface area contributed by atoms with Crippen molar-refractivity contribution in [3.8, 4) is 6.07 Å². The number of ether oxygens (including phenoxy) is 5. The summed E-state index contributed by atoms with van der Waals surface area (Å²) in [6, 6.07) is 6.41. The highest BCUT2D eigenvalue weighted by Crippen LogP contribution is 2.30. The van der Waals surface area contributed by atoms with E-state index in [2.05, 4.69) is 32.8 Å². The van der Waals surface area contributed by atoms with E-state index in [9.17, 15) is 47.9 Å². The van der Waals surface area contributed by atoms with Crippen LogP contribution in [0.1, 0.15) is 64.9 Å². The van der Waals surface area contributed by atoms with Crippen LogP contribution >= 0.6 is 0 Å². The van der Waals surface area contributed by atoms with Gasteiger partial charge in [0.2, 0.25) is 35.4 Å². The van der Waals surface area contributed by atoms with Gasteiger partial charge in [0, 0.05) is 84.3 Å². The normalized spacial score (nSPS) is 17.2. The second-order valence-electron chi connectivity index (χ2n) is 21.7. The first-order chi connectivity index (χ1) is 41.7. The van der Waals surface area contributed by atoms with Crippen molar-refractivity contribution in [3.63, 3.8) is 0 Å². The van der Waals surface area contributed by atoms with Gasteiger partial charge in [-0.3, -0.25) is 47.8 Å². The SMILES string of the molecule is CC(C)[C@H](NC(=O)[C@@H]1CCCN1C(=O)[C@H](CC(N)=O)NC(=O)CCOCCOCCOCCOCCN1C(=O)C=CC1=O)C(=O)Nc1ccc(COC(=O)N(C)CCN(C)C(=O)n2ccc3c(N(C)[C@H]4CN(C(=O)CC#N)CC[C@H]4C)ncnc32)cc1. The molecule has 5 heterocycles. The average molecular weight is 1210 g/mol. The maximum atomic E-state index is 13.9. The van der Waals surface area contributed by atoms with E-state index in [0.29, 0.717) is 47.6 Å². The summed E-state index contributed by atoms with van der Waals surface area (Å²) in [5, 5.41) is 17.9. The number of aromatic nitrogens is 3. The second-order valence-corrected chi connectivity index (χ2v) is 21.7. The number of nitriles is 1. The van der Waals surface area contributed by atoms with Crippen molar-refractivity contribution in [1.82, 2.24) is 49.7 Å². The molecule has 0 saturated carbocycles. The molecule has 3 aromatic rings.